The van der Waals surface area contributed by atoms with E-state index in [2.05, 4.69) is 37.6 Å². The van der Waals surface area contributed by atoms with Crippen molar-refractivity contribution < 1.29 is 5.11 Å². The minimum Gasteiger partial charge on any atom is -0.396 e. The van der Waals surface area contributed by atoms with E-state index >= 15 is 0 Å². The molecule has 1 saturated carbocycles. The first-order chi connectivity index (χ1) is 11.8. The monoisotopic (exact) mass is 478 g/mol. The van der Waals surface area contributed by atoms with Gasteiger partial charge in [-0.25, -0.2) is 0 Å². The first-order valence-corrected chi connectivity index (χ1v) is 9.99. The van der Waals surface area contributed by atoms with E-state index in [1.54, 1.807) is 0 Å². The molecule has 1 saturated heterocycles. The molecule has 2 aliphatic rings. The van der Waals surface area contributed by atoms with Gasteiger partial charge < -0.3 is 20.2 Å². The third kappa shape index (κ3) is 5.23. The number of aliphatic hydroxyl groups is 1. The Morgan fingerprint density at radius 3 is 2.56 bits per heavy atom. The van der Waals surface area contributed by atoms with E-state index in [-0.39, 0.29) is 29.4 Å². The lowest BCUT2D eigenvalue weighted by atomic mass is 9.83. The Kier molecular flexibility index (Phi) is 8.28. The highest BCUT2D eigenvalue weighted by atomic mass is 127. The molecule has 142 valence electrons. The second-order valence-electron chi connectivity index (χ2n) is 7.01. The first kappa shape index (κ1) is 20.8. The molecule has 0 unspecified atom stereocenters. The van der Waals surface area contributed by atoms with Crippen LogP contribution in [0.3, 0.4) is 0 Å². The molecule has 1 aromatic rings. The van der Waals surface area contributed by atoms with Crippen LogP contribution < -0.4 is 10.2 Å². The maximum absolute atomic E-state index is 9.41. The average Bonchev–Trinajstić information content (AvgIpc) is 3.29. The molecule has 2 fully saturated rings. The number of halogens is 1. The average molecular weight is 478 g/mol. The van der Waals surface area contributed by atoms with Crippen molar-refractivity contribution >= 4 is 46.3 Å². The highest BCUT2D eigenvalue weighted by Gasteiger charge is 2.33. The van der Waals surface area contributed by atoms with Gasteiger partial charge in [-0.05, 0) is 42.2 Å². The zero-order valence-electron chi connectivity index (χ0n) is 15.1. The van der Waals surface area contributed by atoms with E-state index in [1.165, 1.54) is 30.7 Å². The fraction of sp³-hybridized carbons (Fsp3) is 0.722. The minimum absolute atomic E-state index is 0. The number of nitrogens with zero attached hydrogens (tertiary/aromatic N) is 3. The van der Waals surface area contributed by atoms with Crippen LogP contribution in [-0.4, -0.2) is 62.3 Å². The summed E-state index contributed by atoms with van der Waals surface area (Å²) >= 11 is 1.81. The predicted octanol–water partition coefficient (Wildman–Crippen LogP) is 3.01. The molecule has 3 rings (SSSR count). The maximum atomic E-state index is 9.41. The van der Waals surface area contributed by atoms with Crippen LogP contribution >= 0.6 is 35.3 Å². The number of aliphatic imine (C=N–C) groups is 1. The van der Waals surface area contributed by atoms with Crippen molar-refractivity contribution in [1.82, 2.24) is 10.2 Å². The summed E-state index contributed by atoms with van der Waals surface area (Å²) in [6.45, 7) is 5.33. The second kappa shape index (κ2) is 9.97. The molecule has 5 nitrogen and oxygen atoms in total. The Morgan fingerprint density at radius 2 is 2.00 bits per heavy atom. The van der Waals surface area contributed by atoms with Gasteiger partial charge in [0.05, 0.1) is 5.00 Å². The summed E-state index contributed by atoms with van der Waals surface area (Å²) in [6.07, 6.45) is 5.94. The fourth-order valence-electron chi connectivity index (χ4n) is 4.06. The summed E-state index contributed by atoms with van der Waals surface area (Å²) in [7, 11) is 1.88. The Hall–Kier alpha value is -0.540. The topological polar surface area (TPSA) is 51.1 Å². The Labute approximate surface area is 172 Å². The van der Waals surface area contributed by atoms with Crippen LogP contribution in [0.15, 0.2) is 22.5 Å². The number of anilines is 1. The standard InChI is InChI=1S/C18H30N4OS.HI/c1-19-17(20-15-18(8-13-23)6-2-3-7-18)22-11-9-21(10-12-22)16-5-4-14-24-16;/h4-5,14,23H,2-3,6-13,15H2,1H3,(H,19,20);1H. The molecule has 7 heteroatoms. The molecule has 1 aliphatic heterocycles. The van der Waals surface area contributed by atoms with Crippen LogP contribution in [0.2, 0.25) is 0 Å². The van der Waals surface area contributed by atoms with Crippen molar-refractivity contribution in [1.29, 1.82) is 0 Å². The molecule has 0 bridgehead atoms. The molecule has 1 aliphatic carbocycles. The van der Waals surface area contributed by atoms with Crippen LogP contribution in [0, 0.1) is 5.41 Å². The number of piperazine rings is 1. The molecule has 25 heavy (non-hydrogen) atoms. The molecule has 0 spiro atoms. The molecular formula is C18H31IN4OS. The van der Waals surface area contributed by atoms with Gasteiger partial charge in [-0.3, -0.25) is 4.99 Å². The van der Waals surface area contributed by atoms with Crippen molar-refractivity contribution in [2.24, 2.45) is 10.4 Å². The van der Waals surface area contributed by atoms with E-state index in [0.29, 0.717) is 6.61 Å². The van der Waals surface area contributed by atoms with Crippen LogP contribution in [0.1, 0.15) is 32.1 Å². The van der Waals surface area contributed by atoms with Gasteiger partial charge in [0.2, 0.25) is 0 Å². The van der Waals surface area contributed by atoms with Gasteiger partial charge in [-0.2, -0.15) is 0 Å². The van der Waals surface area contributed by atoms with Gasteiger partial charge >= 0.3 is 0 Å². The summed E-state index contributed by atoms with van der Waals surface area (Å²) < 4.78 is 0. The number of rotatable bonds is 5. The summed E-state index contributed by atoms with van der Waals surface area (Å²) in [5.74, 6) is 1.02. The Morgan fingerprint density at radius 1 is 1.28 bits per heavy atom. The highest BCUT2D eigenvalue weighted by molar-refractivity contribution is 14.0. The van der Waals surface area contributed by atoms with Crippen molar-refractivity contribution in [2.45, 2.75) is 32.1 Å². The van der Waals surface area contributed by atoms with Gasteiger partial charge in [0.15, 0.2) is 5.96 Å². The molecule has 2 heterocycles. The molecular weight excluding hydrogens is 447 g/mol. The third-order valence-electron chi connectivity index (χ3n) is 5.54. The van der Waals surface area contributed by atoms with Crippen molar-refractivity contribution in [2.75, 3.05) is 51.3 Å². The Bertz CT molecular complexity index is 523. The number of guanidine groups is 1. The van der Waals surface area contributed by atoms with Gasteiger partial charge in [-0.1, -0.05) is 12.8 Å². The normalized spacial score (nSPS) is 20.5. The van der Waals surface area contributed by atoms with Crippen LogP contribution in [0.25, 0.3) is 0 Å². The summed E-state index contributed by atoms with van der Waals surface area (Å²) in [4.78, 5) is 9.33. The molecule has 1 aromatic heterocycles. The summed E-state index contributed by atoms with van der Waals surface area (Å²) in [5.41, 5.74) is 0.267. The largest absolute Gasteiger partial charge is 0.396 e. The van der Waals surface area contributed by atoms with Gasteiger partial charge in [0.25, 0.3) is 0 Å². The number of hydrogen-bond donors (Lipinski definition) is 2. The van der Waals surface area contributed by atoms with Crippen molar-refractivity contribution in [3.8, 4) is 0 Å². The van der Waals surface area contributed by atoms with E-state index in [1.807, 2.05) is 18.4 Å². The first-order valence-electron chi connectivity index (χ1n) is 9.11. The molecule has 0 atom stereocenters. The lowest BCUT2D eigenvalue weighted by Gasteiger charge is -2.38. The van der Waals surface area contributed by atoms with Crippen LogP contribution in [0.4, 0.5) is 5.00 Å². The quantitative estimate of drug-likeness (QED) is 0.388. The zero-order chi connectivity index (χ0) is 16.8. The maximum Gasteiger partial charge on any atom is 0.193 e. The molecule has 0 aromatic carbocycles. The lowest BCUT2D eigenvalue weighted by molar-refractivity contribution is 0.184. The minimum atomic E-state index is 0. The van der Waals surface area contributed by atoms with Gasteiger partial charge in [-0.15, -0.1) is 35.3 Å². The second-order valence-corrected chi connectivity index (χ2v) is 7.93. The fourth-order valence-corrected chi connectivity index (χ4v) is 4.85. The molecule has 0 radical (unpaired) electrons. The summed E-state index contributed by atoms with van der Waals surface area (Å²) in [6, 6.07) is 4.32. The number of thiophene rings is 1. The highest BCUT2D eigenvalue weighted by Crippen LogP contribution is 2.40. The zero-order valence-corrected chi connectivity index (χ0v) is 18.3. The molecule has 2 N–H and O–H groups in total. The van der Waals surface area contributed by atoms with E-state index in [9.17, 15) is 5.11 Å². The smallest absolute Gasteiger partial charge is 0.193 e. The SMILES string of the molecule is CN=C(NCC1(CCO)CCCC1)N1CCN(c2cccs2)CC1.I. The number of nitrogens with one attached hydrogen (secondary N) is 1. The van der Waals surface area contributed by atoms with Crippen LogP contribution in [-0.2, 0) is 0 Å². The summed E-state index contributed by atoms with van der Waals surface area (Å²) in [5, 5.41) is 16.5. The van der Waals surface area contributed by atoms with Crippen LogP contribution in [0.5, 0.6) is 0 Å². The van der Waals surface area contributed by atoms with Gasteiger partial charge in [0, 0.05) is 46.4 Å². The predicted molar refractivity (Wildman–Crippen MR) is 117 cm³/mol. The van der Waals surface area contributed by atoms with E-state index in [0.717, 1.165) is 45.1 Å². The number of aliphatic hydroxyl groups excluding tert-OH is 1. The lowest BCUT2D eigenvalue weighted by Crippen LogP contribution is -2.53. The number of hydrogen-bond acceptors (Lipinski definition) is 4. The van der Waals surface area contributed by atoms with Crippen molar-refractivity contribution in [3.05, 3.63) is 17.5 Å². The molecule has 0 amide bonds. The third-order valence-corrected chi connectivity index (χ3v) is 6.47. The Balaban J connectivity index is 0.00000225. The van der Waals surface area contributed by atoms with E-state index in [4.69, 9.17) is 0 Å². The van der Waals surface area contributed by atoms with Crippen molar-refractivity contribution in [3.63, 3.8) is 0 Å². The van der Waals surface area contributed by atoms with E-state index < -0.39 is 0 Å². The van der Waals surface area contributed by atoms with Gasteiger partial charge in [0.1, 0.15) is 0 Å².